The first-order valence-corrected chi connectivity index (χ1v) is 8.65. The smallest absolute Gasteiger partial charge is 0.322 e. The molecule has 2 N–H and O–H groups in total. The Morgan fingerprint density at radius 1 is 1.28 bits per heavy atom. The minimum Gasteiger partial charge on any atom is -0.347 e. The first-order valence-electron chi connectivity index (χ1n) is 8.65. The lowest BCUT2D eigenvalue weighted by molar-refractivity contribution is 0.160. The first-order chi connectivity index (χ1) is 12.2. The molecule has 6 heteroatoms. The lowest BCUT2D eigenvalue weighted by atomic mass is 10.0. The van der Waals surface area contributed by atoms with E-state index in [4.69, 9.17) is 0 Å². The molecule has 0 radical (unpaired) electrons. The number of likely N-dealkylation sites (tertiary alicyclic amines) is 1. The summed E-state index contributed by atoms with van der Waals surface area (Å²) in [6.07, 6.45) is 6.57. The quantitative estimate of drug-likeness (QED) is 0.742. The number of hydrogen-bond acceptors (Lipinski definition) is 3. The van der Waals surface area contributed by atoms with Crippen molar-refractivity contribution in [2.75, 3.05) is 11.9 Å². The van der Waals surface area contributed by atoms with Crippen LogP contribution in [0.2, 0.25) is 0 Å². The Kier molecular flexibility index (Phi) is 4.09. The number of carbonyl (C=O) groups excluding carboxylic acids is 1. The van der Waals surface area contributed by atoms with E-state index in [-0.39, 0.29) is 12.1 Å². The number of anilines is 1. The molecule has 4 rings (SSSR count). The third kappa shape index (κ3) is 3.07. The molecular weight excluding hydrogens is 314 g/mol. The number of amides is 2. The largest absolute Gasteiger partial charge is 0.347 e. The summed E-state index contributed by atoms with van der Waals surface area (Å²) in [7, 11) is 0. The van der Waals surface area contributed by atoms with E-state index in [1.165, 1.54) is 0 Å². The van der Waals surface area contributed by atoms with Gasteiger partial charge in [-0.2, -0.15) is 0 Å². The van der Waals surface area contributed by atoms with E-state index in [1.54, 1.807) is 12.4 Å². The molecule has 1 aliphatic heterocycles. The van der Waals surface area contributed by atoms with Crippen LogP contribution < -0.4 is 5.32 Å². The van der Waals surface area contributed by atoms with Crippen LogP contribution in [0.5, 0.6) is 0 Å². The van der Waals surface area contributed by atoms with Crippen LogP contribution in [-0.2, 0) is 0 Å². The van der Waals surface area contributed by atoms with E-state index in [0.717, 1.165) is 53.9 Å². The SMILES string of the molecule is Cc1ccc2cccc(NC(=O)N3CCCC[C@@H]3c3ncc[nH]3)c2n1. The Balaban J connectivity index is 1.62. The molecule has 2 amide bonds. The number of aryl methyl sites for hydroxylation is 1. The number of urea groups is 1. The van der Waals surface area contributed by atoms with Crippen molar-refractivity contribution in [1.29, 1.82) is 0 Å². The van der Waals surface area contributed by atoms with Crippen molar-refractivity contribution in [2.24, 2.45) is 0 Å². The van der Waals surface area contributed by atoms with E-state index < -0.39 is 0 Å². The maximum atomic E-state index is 12.9. The van der Waals surface area contributed by atoms with Crippen molar-refractivity contribution in [1.82, 2.24) is 19.9 Å². The van der Waals surface area contributed by atoms with E-state index in [1.807, 2.05) is 42.2 Å². The maximum absolute atomic E-state index is 12.9. The van der Waals surface area contributed by atoms with Crippen LogP contribution in [0.3, 0.4) is 0 Å². The van der Waals surface area contributed by atoms with Gasteiger partial charge in [0.05, 0.1) is 17.2 Å². The zero-order chi connectivity index (χ0) is 17.2. The molecule has 128 valence electrons. The van der Waals surface area contributed by atoms with Gasteiger partial charge in [0.1, 0.15) is 5.82 Å². The second-order valence-electron chi connectivity index (χ2n) is 6.44. The van der Waals surface area contributed by atoms with Crippen LogP contribution in [-0.4, -0.2) is 32.4 Å². The zero-order valence-corrected chi connectivity index (χ0v) is 14.2. The molecule has 0 bridgehead atoms. The molecule has 0 spiro atoms. The summed E-state index contributed by atoms with van der Waals surface area (Å²) in [5.74, 6) is 0.849. The van der Waals surface area contributed by atoms with Crippen molar-refractivity contribution in [3.05, 3.63) is 54.2 Å². The van der Waals surface area contributed by atoms with Crippen molar-refractivity contribution in [3.8, 4) is 0 Å². The molecule has 0 saturated carbocycles. The van der Waals surface area contributed by atoms with Gasteiger partial charge in [-0.15, -0.1) is 0 Å². The fourth-order valence-electron chi connectivity index (χ4n) is 3.45. The molecule has 0 aliphatic carbocycles. The summed E-state index contributed by atoms with van der Waals surface area (Å²) in [5, 5.41) is 4.07. The summed E-state index contributed by atoms with van der Waals surface area (Å²) in [6.45, 7) is 2.68. The van der Waals surface area contributed by atoms with Gasteiger partial charge in [-0.05, 0) is 38.3 Å². The van der Waals surface area contributed by atoms with Crippen molar-refractivity contribution in [2.45, 2.75) is 32.2 Å². The van der Waals surface area contributed by atoms with Gasteiger partial charge in [-0.25, -0.2) is 9.78 Å². The molecular formula is C19H21N5O. The number of hydrogen-bond donors (Lipinski definition) is 2. The molecule has 0 unspecified atom stereocenters. The van der Waals surface area contributed by atoms with E-state index in [9.17, 15) is 4.79 Å². The summed E-state index contributed by atoms with van der Waals surface area (Å²) in [5.41, 5.74) is 2.50. The van der Waals surface area contributed by atoms with Crippen molar-refractivity contribution in [3.63, 3.8) is 0 Å². The van der Waals surface area contributed by atoms with E-state index in [2.05, 4.69) is 20.3 Å². The number of piperidine rings is 1. The van der Waals surface area contributed by atoms with Crippen LogP contribution in [0.4, 0.5) is 10.5 Å². The third-order valence-electron chi connectivity index (χ3n) is 4.70. The number of benzene rings is 1. The lowest BCUT2D eigenvalue weighted by Crippen LogP contribution is -2.41. The normalized spacial score (nSPS) is 17.6. The second-order valence-corrected chi connectivity index (χ2v) is 6.44. The first kappa shape index (κ1) is 15.6. The number of aromatic amines is 1. The molecule has 1 fully saturated rings. The lowest BCUT2D eigenvalue weighted by Gasteiger charge is -2.34. The standard InChI is InChI=1S/C19H21N5O/c1-13-8-9-14-5-4-6-15(17(14)22-13)23-19(25)24-12-3-2-7-16(24)18-20-10-11-21-18/h4-6,8-11,16H,2-3,7,12H2,1H3,(H,20,21)(H,23,25)/t16-/m1/s1. The van der Waals surface area contributed by atoms with Crippen LogP contribution in [0.1, 0.15) is 36.8 Å². The highest BCUT2D eigenvalue weighted by atomic mass is 16.2. The molecule has 1 atom stereocenters. The fourth-order valence-corrected chi connectivity index (χ4v) is 3.45. The van der Waals surface area contributed by atoms with Gasteiger partial charge in [0.25, 0.3) is 0 Å². The number of pyridine rings is 1. The molecule has 2 aromatic heterocycles. The van der Waals surface area contributed by atoms with Crippen molar-refractivity contribution < 1.29 is 4.79 Å². The topological polar surface area (TPSA) is 73.9 Å². The van der Waals surface area contributed by atoms with Gasteiger partial charge in [0.2, 0.25) is 0 Å². The average molecular weight is 335 g/mol. The molecule has 25 heavy (non-hydrogen) atoms. The number of aromatic nitrogens is 3. The minimum absolute atomic E-state index is 0.00609. The van der Waals surface area contributed by atoms with Gasteiger partial charge >= 0.3 is 6.03 Å². The number of imidazole rings is 1. The highest BCUT2D eigenvalue weighted by molar-refractivity contribution is 5.99. The van der Waals surface area contributed by atoms with Crippen LogP contribution in [0.25, 0.3) is 10.9 Å². The number of fused-ring (bicyclic) bond motifs is 1. The highest BCUT2D eigenvalue weighted by Crippen LogP contribution is 2.30. The monoisotopic (exact) mass is 335 g/mol. The van der Waals surface area contributed by atoms with Gasteiger partial charge in [-0.3, -0.25) is 4.98 Å². The number of para-hydroxylation sites is 1. The second kappa shape index (κ2) is 6.55. The van der Waals surface area contributed by atoms with E-state index >= 15 is 0 Å². The predicted octanol–water partition coefficient (Wildman–Crippen LogP) is 4.03. The minimum atomic E-state index is -0.100. The molecule has 6 nitrogen and oxygen atoms in total. The predicted molar refractivity (Wildman–Crippen MR) is 97.4 cm³/mol. The number of nitrogens with one attached hydrogen (secondary N) is 2. The van der Waals surface area contributed by atoms with Gasteiger partial charge < -0.3 is 15.2 Å². The van der Waals surface area contributed by atoms with Gasteiger partial charge in [0.15, 0.2) is 0 Å². The van der Waals surface area contributed by atoms with Gasteiger partial charge in [0, 0.05) is 30.0 Å². The number of rotatable bonds is 2. The molecule has 1 aliphatic rings. The molecule has 1 aromatic carbocycles. The average Bonchev–Trinajstić information content (AvgIpc) is 3.17. The summed E-state index contributed by atoms with van der Waals surface area (Å²) < 4.78 is 0. The Bertz CT molecular complexity index is 890. The molecule has 3 aromatic rings. The van der Waals surface area contributed by atoms with E-state index in [0.29, 0.717) is 0 Å². The summed E-state index contributed by atoms with van der Waals surface area (Å²) in [4.78, 5) is 26.9. The number of carbonyl (C=O) groups is 1. The van der Waals surface area contributed by atoms with Crippen LogP contribution in [0, 0.1) is 6.92 Å². The Morgan fingerprint density at radius 2 is 2.20 bits per heavy atom. The summed E-state index contributed by atoms with van der Waals surface area (Å²) in [6, 6.07) is 9.74. The summed E-state index contributed by atoms with van der Waals surface area (Å²) >= 11 is 0. The Labute approximate surface area is 146 Å². The Morgan fingerprint density at radius 3 is 3.04 bits per heavy atom. The van der Waals surface area contributed by atoms with Gasteiger partial charge in [-0.1, -0.05) is 18.2 Å². The third-order valence-corrected chi connectivity index (χ3v) is 4.70. The number of nitrogens with zero attached hydrogens (tertiary/aromatic N) is 3. The highest BCUT2D eigenvalue weighted by Gasteiger charge is 2.29. The van der Waals surface area contributed by atoms with Crippen LogP contribution in [0.15, 0.2) is 42.7 Å². The Hall–Kier alpha value is -2.89. The maximum Gasteiger partial charge on any atom is 0.322 e. The molecule has 3 heterocycles. The van der Waals surface area contributed by atoms with Crippen molar-refractivity contribution >= 4 is 22.6 Å². The zero-order valence-electron chi connectivity index (χ0n) is 14.2. The van der Waals surface area contributed by atoms with Crippen LogP contribution >= 0.6 is 0 Å². The molecule has 1 saturated heterocycles. The fraction of sp³-hybridized carbons (Fsp3) is 0.316. The number of H-pyrrole nitrogens is 1.